The van der Waals surface area contributed by atoms with E-state index in [0.29, 0.717) is 17.0 Å². The predicted octanol–water partition coefficient (Wildman–Crippen LogP) is 2.15. The second-order valence-corrected chi connectivity index (χ2v) is 6.17. The highest BCUT2D eigenvalue weighted by Gasteiger charge is 2.43. The Labute approximate surface area is 138 Å². The van der Waals surface area contributed by atoms with E-state index in [1.807, 2.05) is 0 Å². The zero-order valence-electron chi connectivity index (χ0n) is 12.9. The fourth-order valence-corrected chi connectivity index (χ4v) is 3.15. The fourth-order valence-electron chi connectivity index (χ4n) is 2.84. The van der Waals surface area contributed by atoms with Crippen molar-refractivity contribution in [2.45, 2.75) is 24.4 Å². The molecule has 0 saturated heterocycles. The van der Waals surface area contributed by atoms with Gasteiger partial charge in [0.1, 0.15) is 11.9 Å². The highest BCUT2D eigenvalue weighted by molar-refractivity contribution is 6.31. The molecule has 2 N–H and O–H groups in total. The van der Waals surface area contributed by atoms with Crippen molar-refractivity contribution in [3.8, 4) is 0 Å². The number of aromatic nitrogens is 2. The van der Waals surface area contributed by atoms with Crippen molar-refractivity contribution in [3.63, 3.8) is 0 Å². The molecule has 1 aliphatic carbocycles. The number of amides is 1. The largest absolute Gasteiger partial charge is 0.351 e. The number of likely N-dealkylation sites (N-methyl/N-ethyl adjacent to an activating group) is 1. The van der Waals surface area contributed by atoms with Crippen molar-refractivity contribution in [1.82, 2.24) is 20.4 Å². The SMILES string of the molecule is CNC(C(=O)NC1CC1c1c(F)cccc1Cl)c1cnn(C)c1. The quantitative estimate of drug-likeness (QED) is 0.879. The standard InChI is InChI=1S/C16H18ClFN4O/c1-19-15(9-7-20-22(2)8-9)16(23)21-13-6-10(13)14-11(17)4-3-5-12(14)18/h3-5,7-8,10,13,15,19H,6H2,1-2H3,(H,21,23). The molecular formula is C16H18ClFN4O. The molecule has 1 heterocycles. The summed E-state index contributed by atoms with van der Waals surface area (Å²) in [6, 6.07) is 4.06. The molecule has 5 nitrogen and oxygen atoms in total. The molecule has 1 fully saturated rings. The lowest BCUT2D eigenvalue weighted by atomic mass is 10.1. The zero-order valence-corrected chi connectivity index (χ0v) is 13.6. The first-order valence-electron chi connectivity index (χ1n) is 7.41. The molecule has 7 heteroatoms. The summed E-state index contributed by atoms with van der Waals surface area (Å²) in [7, 11) is 3.51. The van der Waals surface area contributed by atoms with Crippen LogP contribution in [0.3, 0.4) is 0 Å². The third-order valence-corrected chi connectivity index (χ3v) is 4.43. The lowest BCUT2D eigenvalue weighted by Crippen LogP contribution is -2.37. The van der Waals surface area contributed by atoms with Gasteiger partial charge in [-0.1, -0.05) is 17.7 Å². The van der Waals surface area contributed by atoms with Crippen LogP contribution in [0.2, 0.25) is 5.02 Å². The third kappa shape index (κ3) is 3.23. The third-order valence-electron chi connectivity index (χ3n) is 4.10. The highest BCUT2D eigenvalue weighted by Crippen LogP contribution is 2.45. The molecular weight excluding hydrogens is 319 g/mol. The molecule has 1 aromatic carbocycles. The Morgan fingerprint density at radius 2 is 2.30 bits per heavy atom. The summed E-state index contributed by atoms with van der Waals surface area (Å²) in [6.45, 7) is 0. The van der Waals surface area contributed by atoms with E-state index in [9.17, 15) is 9.18 Å². The number of nitrogens with one attached hydrogen (secondary N) is 2. The van der Waals surface area contributed by atoms with Crippen LogP contribution in [0.25, 0.3) is 0 Å². The van der Waals surface area contributed by atoms with Gasteiger partial charge in [-0.2, -0.15) is 5.10 Å². The molecule has 3 atom stereocenters. The molecule has 1 saturated carbocycles. The van der Waals surface area contributed by atoms with E-state index >= 15 is 0 Å². The number of hydrogen-bond acceptors (Lipinski definition) is 3. The Kier molecular flexibility index (Phi) is 4.37. The van der Waals surface area contributed by atoms with Crippen molar-refractivity contribution in [2.24, 2.45) is 7.05 Å². The highest BCUT2D eigenvalue weighted by atomic mass is 35.5. The number of carbonyl (C=O) groups excluding carboxylic acids is 1. The molecule has 0 spiro atoms. The molecule has 0 bridgehead atoms. The summed E-state index contributed by atoms with van der Waals surface area (Å²) in [5.41, 5.74) is 1.27. The van der Waals surface area contributed by atoms with Gasteiger partial charge in [-0.3, -0.25) is 9.48 Å². The van der Waals surface area contributed by atoms with Gasteiger partial charge >= 0.3 is 0 Å². The van der Waals surface area contributed by atoms with Gasteiger partial charge in [0.05, 0.1) is 6.20 Å². The Balaban J connectivity index is 1.68. The van der Waals surface area contributed by atoms with Crippen molar-refractivity contribution in [2.75, 3.05) is 7.05 Å². The minimum absolute atomic E-state index is 0.0703. The van der Waals surface area contributed by atoms with Gasteiger partial charge in [0.25, 0.3) is 0 Å². The topological polar surface area (TPSA) is 59.0 Å². The summed E-state index contributed by atoms with van der Waals surface area (Å²) in [6.07, 6.45) is 4.13. The molecule has 1 aromatic heterocycles. The average molecular weight is 337 g/mol. The summed E-state index contributed by atoms with van der Waals surface area (Å²) < 4.78 is 15.6. The molecule has 2 aromatic rings. The Morgan fingerprint density at radius 3 is 2.91 bits per heavy atom. The number of halogens is 2. The van der Waals surface area contributed by atoms with Crippen LogP contribution >= 0.6 is 11.6 Å². The lowest BCUT2D eigenvalue weighted by molar-refractivity contribution is -0.123. The number of benzene rings is 1. The number of aryl methyl sites for hydroxylation is 1. The van der Waals surface area contributed by atoms with Crippen LogP contribution < -0.4 is 10.6 Å². The van der Waals surface area contributed by atoms with Crippen LogP contribution in [0, 0.1) is 5.82 Å². The monoisotopic (exact) mass is 336 g/mol. The van der Waals surface area contributed by atoms with Crippen LogP contribution in [0.1, 0.15) is 29.5 Å². The van der Waals surface area contributed by atoms with Crippen LogP contribution in [0.5, 0.6) is 0 Å². The number of hydrogen-bond donors (Lipinski definition) is 2. The number of rotatable bonds is 5. The maximum atomic E-state index is 13.9. The maximum Gasteiger partial charge on any atom is 0.242 e. The normalized spacial score (nSPS) is 21.0. The van der Waals surface area contributed by atoms with E-state index in [4.69, 9.17) is 11.6 Å². The van der Waals surface area contributed by atoms with Crippen molar-refractivity contribution >= 4 is 17.5 Å². The molecule has 3 rings (SSSR count). The van der Waals surface area contributed by atoms with Crippen LogP contribution in [0.15, 0.2) is 30.6 Å². The molecule has 1 aliphatic rings. The van der Waals surface area contributed by atoms with Crippen molar-refractivity contribution < 1.29 is 9.18 Å². The first kappa shape index (κ1) is 16.0. The Morgan fingerprint density at radius 1 is 1.52 bits per heavy atom. The maximum absolute atomic E-state index is 13.9. The molecule has 3 unspecified atom stereocenters. The zero-order chi connectivity index (χ0) is 16.6. The van der Waals surface area contributed by atoms with Crippen LogP contribution in [-0.2, 0) is 11.8 Å². The second kappa shape index (κ2) is 6.29. The minimum Gasteiger partial charge on any atom is -0.351 e. The van der Waals surface area contributed by atoms with E-state index in [-0.39, 0.29) is 23.7 Å². The van der Waals surface area contributed by atoms with E-state index in [1.165, 1.54) is 6.07 Å². The van der Waals surface area contributed by atoms with Gasteiger partial charge in [-0.25, -0.2) is 4.39 Å². The van der Waals surface area contributed by atoms with Crippen molar-refractivity contribution in [1.29, 1.82) is 0 Å². The number of nitrogens with zero attached hydrogens (tertiary/aromatic N) is 2. The predicted molar refractivity (Wildman–Crippen MR) is 85.7 cm³/mol. The first-order valence-corrected chi connectivity index (χ1v) is 7.79. The molecule has 0 radical (unpaired) electrons. The summed E-state index contributed by atoms with van der Waals surface area (Å²) in [4.78, 5) is 12.4. The lowest BCUT2D eigenvalue weighted by Gasteiger charge is -2.15. The Bertz CT molecular complexity index is 712. The smallest absolute Gasteiger partial charge is 0.242 e. The van der Waals surface area contributed by atoms with Gasteiger partial charge in [0.2, 0.25) is 5.91 Å². The molecule has 0 aliphatic heterocycles. The van der Waals surface area contributed by atoms with Gasteiger partial charge < -0.3 is 10.6 Å². The van der Waals surface area contributed by atoms with E-state index in [0.717, 1.165) is 5.56 Å². The number of carbonyl (C=O) groups is 1. The van der Waals surface area contributed by atoms with E-state index in [1.54, 1.807) is 43.3 Å². The van der Waals surface area contributed by atoms with Crippen LogP contribution in [0.4, 0.5) is 4.39 Å². The average Bonchev–Trinajstić information content (AvgIpc) is 3.09. The van der Waals surface area contributed by atoms with Crippen molar-refractivity contribution in [3.05, 3.63) is 52.6 Å². The minimum atomic E-state index is -0.485. The van der Waals surface area contributed by atoms with Gasteiger partial charge in [-0.15, -0.1) is 0 Å². The summed E-state index contributed by atoms with van der Waals surface area (Å²) in [5, 5.41) is 10.4. The fraction of sp³-hybridized carbons (Fsp3) is 0.375. The Hall–Kier alpha value is -1.92. The van der Waals surface area contributed by atoms with Gasteiger partial charge in [-0.05, 0) is 25.6 Å². The summed E-state index contributed by atoms with van der Waals surface area (Å²) >= 11 is 6.08. The second-order valence-electron chi connectivity index (χ2n) is 5.76. The van der Waals surface area contributed by atoms with Gasteiger partial charge in [0, 0.05) is 41.4 Å². The van der Waals surface area contributed by atoms with Crippen LogP contribution in [-0.4, -0.2) is 28.8 Å². The van der Waals surface area contributed by atoms with Gasteiger partial charge in [0.15, 0.2) is 0 Å². The first-order chi connectivity index (χ1) is 11.0. The molecule has 23 heavy (non-hydrogen) atoms. The van der Waals surface area contributed by atoms with E-state index in [2.05, 4.69) is 15.7 Å². The summed E-state index contributed by atoms with van der Waals surface area (Å²) in [5.74, 6) is -0.545. The molecule has 122 valence electrons. The van der Waals surface area contributed by atoms with E-state index < -0.39 is 6.04 Å². The molecule has 1 amide bonds.